The molecule has 0 bridgehead atoms. The van der Waals surface area contributed by atoms with Gasteiger partial charge in [-0.3, -0.25) is 10.6 Å². The number of nitrogens with two attached hydrogens (primary N) is 1. The monoisotopic (exact) mass is 281 g/mol. The standard InChI is InChI=1S/C14H20ClN3O/c1-9(2)14(5-6-14)8-17-13(19)11-7-10(15)3-4-12(11)18-16/h3-4,7,9,18H,5-6,8,16H2,1-2H3,(H,17,19). The van der Waals surface area contributed by atoms with Crippen LogP contribution in [0.3, 0.4) is 0 Å². The van der Waals surface area contributed by atoms with Crippen LogP contribution in [0, 0.1) is 11.3 Å². The van der Waals surface area contributed by atoms with Crippen LogP contribution in [0.5, 0.6) is 0 Å². The van der Waals surface area contributed by atoms with Crippen LogP contribution in [0.1, 0.15) is 37.0 Å². The van der Waals surface area contributed by atoms with Gasteiger partial charge in [-0.25, -0.2) is 0 Å². The minimum absolute atomic E-state index is 0.137. The number of benzene rings is 1. The number of hydrogen-bond acceptors (Lipinski definition) is 3. The first-order valence-corrected chi connectivity index (χ1v) is 6.91. The first-order valence-electron chi connectivity index (χ1n) is 6.53. The highest BCUT2D eigenvalue weighted by Crippen LogP contribution is 2.51. The third-order valence-electron chi connectivity index (χ3n) is 4.10. The molecule has 4 nitrogen and oxygen atoms in total. The third kappa shape index (κ3) is 3.01. The molecule has 19 heavy (non-hydrogen) atoms. The Kier molecular flexibility index (Phi) is 4.02. The molecule has 1 aromatic carbocycles. The van der Waals surface area contributed by atoms with Gasteiger partial charge in [-0.15, -0.1) is 0 Å². The van der Waals surface area contributed by atoms with Gasteiger partial charge in [0.05, 0.1) is 11.3 Å². The van der Waals surface area contributed by atoms with Crippen LogP contribution < -0.4 is 16.6 Å². The van der Waals surface area contributed by atoms with Gasteiger partial charge in [0.1, 0.15) is 0 Å². The van der Waals surface area contributed by atoms with Crippen LogP contribution in [-0.4, -0.2) is 12.5 Å². The predicted octanol–water partition coefficient (Wildman–Crippen LogP) is 2.79. The van der Waals surface area contributed by atoms with Gasteiger partial charge in [-0.05, 0) is 42.4 Å². The normalized spacial score (nSPS) is 16.3. The molecule has 1 amide bonds. The van der Waals surface area contributed by atoms with E-state index in [4.69, 9.17) is 17.4 Å². The fourth-order valence-electron chi connectivity index (χ4n) is 2.30. The highest BCUT2D eigenvalue weighted by atomic mass is 35.5. The summed E-state index contributed by atoms with van der Waals surface area (Å²) in [7, 11) is 0. The van der Waals surface area contributed by atoms with Gasteiger partial charge in [0, 0.05) is 11.6 Å². The van der Waals surface area contributed by atoms with Crippen molar-refractivity contribution in [2.75, 3.05) is 12.0 Å². The summed E-state index contributed by atoms with van der Waals surface area (Å²) < 4.78 is 0. The van der Waals surface area contributed by atoms with Gasteiger partial charge in [0.25, 0.3) is 5.91 Å². The number of anilines is 1. The Bertz CT molecular complexity index is 484. The average molecular weight is 282 g/mol. The van der Waals surface area contributed by atoms with Crippen molar-refractivity contribution in [2.24, 2.45) is 17.2 Å². The Morgan fingerprint density at radius 2 is 2.16 bits per heavy atom. The molecule has 1 aliphatic carbocycles. The molecular formula is C14H20ClN3O. The van der Waals surface area contributed by atoms with Crippen LogP contribution in [-0.2, 0) is 0 Å². The summed E-state index contributed by atoms with van der Waals surface area (Å²) in [5.74, 6) is 5.85. The Morgan fingerprint density at radius 3 is 2.68 bits per heavy atom. The van der Waals surface area contributed by atoms with Crippen LogP contribution in [0.25, 0.3) is 0 Å². The van der Waals surface area contributed by atoms with Crippen LogP contribution in [0.4, 0.5) is 5.69 Å². The molecule has 0 saturated heterocycles. The second kappa shape index (κ2) is 5.39. The summed E-state index contributed by atoms with van der Waals surface area (Å²) in [6.07, 6.45) is 2.37. The van der Waals surface area contributed by atoms with Crippen molar-refractivity contribution in [3.8, 4) is 0 Å². The lowest BCUT2D eigenvalue weighted by atomic mass is 9.92. The summed E-state index contributed by atoms with van der Waals surface area (Å²) in [5.41, 5.74) is 3.86. The minimum Gasteiger partial charge on any atom is -0.351 e. The summed E-state index contributed by atoms with van der Waals surface area (Å²) in [6, 6.07) is 5.03. The zero-order valence-corrected chi connectivity index (χ0v) is 12.1. The molecule has 1 aromatic rings. The molecule has 0 spiro atoms. The van der Waals surface area contributed by atoms with Crippen molar-refractivity contribution < 1.29 is 4.79 Å². The fraction of sp³-hybridized carbons (Fsp3) is 0.500. The minimum atomic E-state index is -0.137. The van der Waals surface area contributed by atoms with E-state index in [9.17, 15) is 4.79 Å². The van der Waals surface area contributed by atoms with Crippen molar-refractivity contribution in [1.82, 2.24) is 5.32 Å². The van der Waals surface area contributed by atoms with E-state index in [0.29, 0.717) is 28.7 Å². The highest BCUT2D eigenvalue weighted by Gasteiger charge is 2.45. The lowest BCUT2D eigenvalue weighted by Gasteiger charge is -2.20. The lowest BCUT2D eigenvalue weighted by Crippen LogP contribution is -2.33. The van der Waals surface area contributed by atoms with Crippen molar-refractivity contribution in [3.05, 3.63) is 28.8 Å². The van der Waals surface area contributed by atoms with Gasteiger partial charge in [0.15, 0.2) is 0 Å². The lowest BCUT2D eigenvalue weighted by molar-refractivity contribution is 0.0940. The molecule has 0 aliphatic heterocycles. The Hall–Kier alpha value is -1.26. The quantitative estimate of drug-likeness (QED) is 0.574. The van der Waals surface area contributed by atoms with Gasteiger partial charge in [-0.1, -0.05) is 25.4 Å². The summed E-state index contributed by atoms with van der Waals surface area (Å²) in [6.45, 7) is 5.11. The molecule has 104 valence electrons. The molecule has 2 rings (SSSR count). The Balaban J connectivity index is 2.06. The number of carbonyl (C=O) groups is 1. The van der Waals surface area contributed by atoms with Crippen molar-refractivity contribution in [1.29, 1.82) is 0 Å². The highest BCUT2D eigenvalue weighted by molar-refractivity contribution is 6.31. The molecule has 1 saturated carbocycles. The van der Waals surface area contributed by atoms with E-state index in [1.807, 2.05) is 0 Å². The number of hydrazine groups is 1. The molecule has 0 unspecified atom stereocenters. The van der Waals surface area contributed by atoms with Gasteiger partial charge < -0.3 is 10.7 Å². The molecule has 1 aliphatic rings. The number of rotatable bonds is 5. The molecule has 0 atom stereocenters. The number of halogens is 1. The summed E-state index contributed by atoms with van der Waals surface area (Å²) >= 11 is 5.92. The maximum Gasteiger partial charge on any atom is 0.253 e. The van der Waals surface area contributed by atoms with Crippen molar-refractivity contribution in [3.63, 3.8) is 0 Å². The Labute approximate surface area is 118 Å². The van der Waals surface area contributed by atoms with E-state index in [-0.39, 0.29) is 11.3 Å². The van der Waals surface area contributed by atoms with Crippen molar-refractivity contribution in [2.45, 2.75) is 26.7 Å². The number of nitrogens with one attached hydrogen (secondary N) is 2. The van der Waals surface area contributed by atoms with E-state index in [0.717, 1.165) is 0 Å². The maximum atomic E-state index is 12.2. The van der Waals surface area contributed by atoms with E-state index >= 15 is 0 Å². The molecule has 5 heteroatoms. The Morgan fingerprint density at radius 1 is 1.47 bits per heavy atom. The number of hydrogen-bond donors (Lipinski definition) is 3. The summed E-state index contributed by atoms with van der Waals surface area (Å²) in [5, 5.41) is 3.51. The van der Waals surface area contributed by atoms with E-state index in [1.54, 1.807) is 18.2 Å². The molecule has 0 aromatic heterocycles. The first kappa shape index (κ1) is 14.2. The number of nitrogen functional groups attached to an aromatic ring is 1. The van der Waals surface area contributed by atoms with Gasteiger partial charge in [0.2, 0.25) is 0 Å². The molecule has 0 heterocycles. The molecule has 4 N–H and O–H groups in total. The molecule has 1 fully saturated rings. The molecular weight excluding hydrogens is 262 g/mol. The topological polar surface area (TPSA) is 67.2 Å². The first-order chi connectivity index (χ1) is 8.98. The van der Waals surface area contributed by atoms with E-state index < -0.39 is 0 Å². The van der Waals surface area contributed by atoms with E-state index in [2.05, 4.69) is 24.6 Å². The average Bonchev–Trinajstić information content (AvgIpc) is 3.17. The number of amides is 1. The zero-order valence-electron chi connectivity index (χ0n) is 11.3. The SMILES string of the molecule is CC(C)C1(CNC(=O)c2cc(Cl)ccc2NN)CC1. The van der Waals surface area contributed by atoms with Gasteiger partial charge in [-0.2, -0.15) is 0 Å². The van der Waals surface area contributed by atoms with Crippen molar-refractivity contribution >= 4 is 23.2 Å². The van der Waals surface area contributed by atoms with Gasteiger partial charge >= 0.3 is 0 Å². The van der Waals surface area contributed by atoms with Crippen LogP contribution >= 0.6 is 11.6 Å². The maximum absolute atomic E-state index is 12.2. The summed E-state index contributed by atoms with van der Waals surface area (Å²) in [4.78, 5) is 12.2. The fourth-order valence-corrected chi connectivity index (χ4v) is 2.47. The molecule has 0 radical (unpaired) electrons. The van der Waals surface area contributed by atoms with Crippen LogP contribution in [0.2, 0.25) is 5.02 Å². The second-order valence-corrected chi connectivity index (χ2v) is 5.97. The third-order valence-corrected chi connectivity index (χ3v) is 4.33. The second-order valence-electron chi connectivity index (χ2n) is 5.53. The zero-order chi connectivity index (χ0) is 14.0. The largest absolute Gasteiger partial charge is 0.351 e. The number of carbonyl (C=O) groups excluding carboxylic acids is 1. The smallest absolute Gasteiger partial charge is 0.253 e. The predicted molar refractivity (Wildman–Crippen MR) is 78.1 cm³/mol. The van der Waals surface area contributed by atoms with Crippen LogP contribution in [0.15, 0.2) is 18.2 Å². The van der Waals surface area contributed by atoms with E-state index in [1.165, 1.54) is 12.8 Å².